The number of nitrogens with zero attached hydrogens (tertiary/aromatic N) is 3. The fourth-order valence-corrected chi connectivity index (χ4v) is 2.43. The molecule has 0 radical (unpaired) electrons. The summed E-state index contributed by atoms with van der Waals surface area (Å²) in [6.45, 7) is 2.68. The number of carboxylic acids is 1. The van der Waals surface area contributed by atoms with Crippen LogP contribution in [0, 0.1) is 5.82 Å². The van der Waals surface area contributed by atoms with Gasteiger partial charge < -0.3 is 5.11 Å². The van der Waals surface area contributed by atoms with Crippen molar-refractivity contribution in [3.05, 3.63) is 35.8 Å². The number of hydrogen-bond acceptors (Lipinski definition) is 4. The molecule has 0 bridgehead atoms. The largest absolute Gasteiger partial charge is 0.478 e. The van der Waals surface area contributed by atoms with E-state index in [0.717, 1.165) is 24.2 Å². The second-order valence-electron chi connectivity index (χ2n) is 3.85. The zero-order chi connectivity index (χ0) is 13.8. The number of carboxylic acid groups (broad SMARTS) is 1. The van der Waals surface area contributed by atoms with E-state index in [0.29, 0.717) is 11.6 Å². The van der Waals surface area contributed by atoms with Gasteiger partial charge in [0.05, 0.1) is 16.7 Å². The molecule has 19 heavy (non-hydrogen) atoms. The first kappa shape index (κ1) is 13.5. The van der Waals surface area contributed by atoms with Crippen molar-refractivity contribution in [3.63, 3.8) is 0 Å². The lowest BCUT2D eigenvalue weighted by molar-refractivity contribution is 0.0696. The van der Waals surface area contributed by atoms with Crippen molar-refractivity contribution >= 4 is 17.7 Å². The number of aryl methyl sites for hydroxylation is 1. The highest BCUT2D eigenvalue weighted by atomic mass is 32.2. The number of aromatic carboxylic acids is 1. The quantitative estimate of drug-likeness (QED) is 0.912. The van der Waals surface area contributed by atoms with Crippen LogP contribution >= 0.6 is 11.8 Å². The lowest BCUT2D eigenvalue weighted by Gasteiger charge is -2.06. The van der Waals surface area contributed by atoms with Gasteiger partial charge in [0.25, 0.3) is 0 Å². The molecule has 0 fully saturated rings. The molecule has 0 atom stereocenters. The fraction of sp³-hybridized carbons (Fsp3) is 0.250. The van der Waals surface area contributed by atoms with Crippen molar-refractivity contribution in [2.24, 2.45) is 0 Å². The van der Waals surface area contributed by atoms with Gasteiger partial charge in [0, 0.05) is 6.54 Å². The minimum absolute atomic E-state index is 0.0541. The van der Waals surface area contributed by atoms with Crippen LogP contribution in [0.15, 0.2) is 34.3 Å². The summed E-state index contributed by atoms with van der Waals surface area (Å²) in [4.78, 5) is 11.1. The molecule has 0 amide bonds. The molecule has 0 aliphatic carbocycles. The van der Waals surface area contributed by atoms with Gasteiger partial charge in [-0.3, -0.25) is 0 Å². The van der Waals surface area contributed by atoms with Gasteiger partial charge in [-0.1, -0.05) is 23.9 Å². The third-order valence-electron chi connectivity index (χ3n) is 2.41. The maximum Gasteiger partial charge on any atom is 0.335 e. The predicted molar refractivity (Wildman–Crippen MR) is 67.8 cm³/mol. The van der Waals surface area contributed by atoms with Crippen molar-refractivity contribution in [3.8, 4) is 0 Å². The predicted octanol–water partition coefficient (Wildman–Crippen LogP) is 2.68. The van der Waals surface area contributed by atoms with E-state index < -0.39 is 11.8 Å². The Hall–Kier alpha value is -1.89. The van der Waals surface area contributed by atoms with Crippen LogP contribution < -0.4 is 0 Å². The average molecular weight is 281 g/mol. The van der Waals surface area contributed by atoms with Crippen LogP contribution in [0.3, 0.4) is 0 Å². The van der Waals surface area contributed by atoms with E-state index in [2.05, 4.69) is 10.3 Å². The van der Waals surface area contributed by atoms with Crippen LogP contribution in [0.5, 0.6) is 0 Å². The van der Waals surface area contributed by atoms with Crippen LogP contribution in [0.2, 0.25) is 0 Å². The zero-order valence-electron chi connectivity index (χ0n) is 10.2. The first-order valence-electron chi connectivity index (χ1n) is 5.71. The minimum atomic E-state index is -1.08. The van der Waals surface area contributed by atoms with E-state index in [1.165, 1.54) is 18.3 Å². The third-order valence-corrected chi connectivity index (χ3v) is 3.47. The molecule has 1 aromatic carbocycles. The maximum absolute atomic E-state index is 13.7. The van der Waals surface area contributed by atoms with Gasteiger partial charge in [-0.2, -0.15) is 0 Å². The maximum atomic E-state index is 13.7. The van der Waals surface area contributed by atoms with Crippen molar-refractivity contribution < 1.29 is 14.3 Å². The van der Waals surface area contributed by atoms with Gasteiger partial charge in [0.15, 0.2) is 0 Å². The highest BCUT2D eigenvalue weighted by Gasteiger charge is 2.12. The van der Waals surface area contributed by atoms with E-state index >= 15 is 0 Å². The van der Waals surface area contributed by atoms with E-state index in [1.54, 1.807) is 4.68 Å². The summed E-state index contributed by atoms with van der Waals surface area (Å²) in [7, 11) is 0. The summed E-state index contributed by atoms with van der Waals surface area (Å²) in [5.74, 6) is -1.54. The smallest absolute Gasteiger partial charge is 0.335 e. The molecule has 2 aromatic rings. The molecule has 100 valence electrons. The first-order chi connectivity index (χ1) is 9.11. The minimum Gasteiger partial charge on any atom is -0.478 e. The first-order valence-corrected chi connectivity index (χ1v) is 6.52. The van der Waals surface area contributed by atoms with Crippen LogP contribution in [0.1, 0.15) is 23.7 Å². The Morgan fingerprint density at radius 2 is 2.32 bits per heavy atom. The molecule has 1 aromatic heterocycles. The molecule has 7 heteroatoms. The highest BCUT2D eigenvalue weighted by molar-refractivity contribution is 7.99. The van der Waals surface area contributed by atoms with Crippen LogP contribution in [-0.4, -0.2) is 26.1 Å². The molecule has 2 rings (SSSR count). The van der Waals surface area contributed by atoms with Crippen LogP contribution in [0.4, 0.5) is 4.39 Å². The Bertz CT molecular complexity index is 600. The zero-order valence-corrected chi connectivity index (χ0v) is 11.0. The molecular weight excluding hydrogens is 269 g/mol. The fourth-order valence-electron chi connectivity index (χ4n) is 1.52. The van der Waals surface area contributed by atoms with E-state index in [1.807, 2.05) is 6.92 Å². The van der Waals surface area contributed by atoms with Gasteiger partial charge in [-0.05, 0) is 24.6 Å². The molecule has 0 aliphatic rings. The Morgan fingerprint density at radius 1 is 1.53 bits per heavy atom. The van der Waals surface area contributed by atoms with Gasteiger partial charge in [-0.25, -0.2) is 13.9 Å². The topological polar surface area (TPSA) is 68.0 Å². The summed E-state index contributed by atoms with van der Waals surface area (Å²) in [5, 5.41) is 17.3. The normalized spacial score (nSPS) is 10.6. The average Bonchev–Trinajstić information content (AvgIpc) is 2.80. The molecule has 1 N–H and O–H groups in total. The number of benzene rings is 1. The molecule has 0 saturated heterocycles. The molecule has 0 unspecified atom stereocenters. The summed E-state index contributed by atoms with van der Waals surface area (Å²) < 4.78 is 15.3. The van der Waals surface area contributed by atoms with Gasteiger partial charge in [0.2, 0.25) is 0 Å². The monoisotopic (exact) mass is 281 g/mol. The Balaban J connectivity index is 2.29. The Kier molecular flexibility index (Phi) is 4.16. The third kappa shape index (κ3) is 3.11. The van der Waals surface area contributed by atoms with Crippen LogP contribution in [0.25, 0.3) is 0 Å². The lowest BCUT2D eigenvalue weighted by Crippen LogP contribution is -2.01. The number of hydrogen-bond donors (Lipinski definition) is 1. The molecule has 0 aliphatic heterocycles. The number of halogens is 1. The van der Waals surface area contributed by atoms with Gasteiger partial charge >= 0.3 is 5.97 Å². The van der Waals surface area contributed by atoms with Crippen LogP contribution in [-0.2, 0) is 6.54 Å². The van der Waals surface area contributed by atoms with Gasteiger partial charge in [0.1, 0.15) is 10.8 Å². The van der Waals surface area contributed by atoms with E-state index in [4.69, 9.17) is 5.11 Å². The molecular formula is C12H12FN3O2S. The Morgan fingerprint density at radius 3 is 3.00 bits per heavy atom. The SMILES string of the molecule is CCCn1nncc1Sc1cc(C(=O)O)ccc1F. The highest BCUT2D eigenvalue weighted by Crippen LogP contribution is 2.30. The van der Waals surface area contributed by atoms with E-state index in [-0.39, 0.29) is 10.5 Å². The summed E-state index contributed by atoms with van der Waals surface area (Å²) in [5.41, 5.74) is 0.0541. The summed E-state index contributed by atoms with van der Waals surface area (Å²) >= 11 is 1.12. The number of carbonyl (C=O) groups is 1. The van der Waals surface area contributed by atoms with Crippen molar-refractivity contribution in [2.75, 3.05) is 0 Å². The van der Waals surface area contributed by atoms with E-state index in [9.17, 15) is 9.18 Å². The lowest BCUT2D eigenvalue weighted by atomic mass is 10.2. The molecule has 0 spiro atoms. The summed E-state index contributed by atoms with van der Waals surface area (Å²) in [6.07, 6.45) is 2.42. The standard InChI is InChI=1S/C12H12FN3O2S/c1-2-5-16-11(7-14-15-16)19-10-6-8(12(17)18)3-4-9(10)13/h3-4,6-7H,2,5H2,1H3,(H,17,18). The van der Waals surface area contributed by atoms with Crippen molar-refractivity contribution in [2.45, 2.75) is 29.8 Å². The van der Waals surface area contributed by atoms with Gasteiger partial charge in [-0.15, -0.1) is 5.10 Å². The van der Waals surface area contributed by atoms with Crippen molar-refractivity contribution in [1.82, 2.24) is 15.0 Å². The Labute approximate surface area is 113 Å². The second-order valence-corrected chi connectivity index (χ2v) is 4.91. The molecule has 5 nitrogen and oxygen atoms in total. The number of aromatic nitrogens is 3. The second kappa shape index (κ2) is 5.83. The molecule has 0 saturated carbocycles. The molecule has 1 heterocycles. The van der Waals surface area contributed by atoms with Crippen molar-refractivity contribution in [1.29, 1.82) is 0 Å². The number of rotatable bonds is 5. The summed E-state index contributed by atoms with van der Waals surface area (Å²) in [6, 6.07) is 3.70.